The Bertz CT molecular complexity index is 151. The summed E-state index contributed by atoms with van der Waals surface area (Å²) < 4.78 is 5.46. The van der Waals surface area contributed by atoms with Crippen molar-refractivity contribution < 1.29 is 4.74 Å². The van der Waals surface area contributed by atoms with E-state index in [1.165, 1.54) is 12.8 Å². The first kappa shape index (κ1) is 14.9. The van der Waals surface area contributed by atoms with Gasteiger partial charge in [-0.25, -0.2) is 0 Å². The van der Waals surface area contributed by atoms with E-state index >= 15 is 0 Å². The molecule has 0 aromatic carbocycles. The lowest BCUT2D eigenvalue weighted by Gasteiger charge is -2.26. The minimum Gasteiger partial charge on any atom is -0.380 e. The van der Waals surface area contributed by atoms with Crippen LogP contribution in [0.15, 0.2) is 0 Å². The molecule has 1 N–H and O–H groups in total. The lowest BCUT2D eigenvalue weighted by atomic mass is 9.83. The number of nitrogens with one attached hydrogen (secondary N) is 1. The molecule has 2 unspecified atom stereocenters. The highest BCUT2D eigenvalue weighted by molar-refractivity contribution is 4.72. The summed E-state index contributed by atoms with van der Waals surface area (Å²) >= 11 is 0. The second kappa shape index (κ2) is 7.24. The van der Waals surface area contributed by atoms with Crippen LogP contribution in [0.1, 0.15) is 47.5 Å². The second-order valence-corrected chi connectivity index (χ2v) is 5.75. The van der Waals surface area contributed by atoms with Gasteiger partial charge in [-0.3, -0.25) is 0 Å². The molecule has 92 valence electrons. The molecule has 0 saturated carbocycles. The summed E-state index contributed by atoms with van der Waals surface area (Å²) in [6.45, 7) is 12.9. The molecule has 0 heterocycles. The predicted octanol–water partition coefficient (Wildman–Crippen LogP) is 3.07. The van der Waals surface area contributed by atoms with E-state index in [0.717, 1.165) is 19.1 Å². The van der Waals surface area contributed by atoms with E-state index in [2.05, 4.69) is 33.0 Å². The van der Waals surface area contributed by atoms with Crippen LogP contribution in [0.2, 0.25) is 0 Å². The Morgan fingerprint density at radius 3 is 2.27 bits per heavy atom. The lowest BCUT2D eigenvalue weighted by Crippen LogP contribution is -2.32. The SMILES string of the molecule is CCOCC(CC(C)CC(C)(C)C)NC. The van der Waals surface area contributed by atoms with Gasteiger partial charge in [0.05, 0.1) is 6.61 Å². The van der Waals surface area contributed by atoms with Crippen molar-refractivity contribution in [2.24, 2.45) is 11.3 Å². The third-order valence-electron chi connectivity index (χ3n) is 2.58. The first-order valence-electron chi connectivity index (χ1n) is 6.14. The van der Waals surface area contributed by atoms with Gasteiger partial charge in [0.2, 0.25) is 0 Å². The van der Waals surface area contributed by atoms with Gasteiger partial charge in [0.15, 0.2) is 0 Å². The molecule has 0 aliphatic heterocycles. The minimum atomic E-state index is 0.434. The van der Waals surface area contributed by atoms with Gasteiger partial charge in [0.25, 0.3) is 0 Å². The maximum Gasteiger partial charge on any atom is 0.0619 e. The summed E-state index contributed by atoms with van der Waals surface area (Å²) in [6, 6.07) is 0.502. The van der Waals surface area contributed by atoms with Crippen LogP contribution in [0.3, 0.4) is 0 Å². The van der Waals surface area contributed by atoms with E-state index in [0.29, 0.717) is 11.5 Å². The van der Waals surface area contributed by atoms with E-state index < -0.39 is 0 Å². The van der Waals surface area contributed by atoms with Crippen LogP contribution < -0.4 is 5.32 Å². The zero-order chi connectivity index (χ0) is 11.9. The van der Waals surface area contributed by atoms with Crippen LogP contribution in [0.5, 0.6) is 0 Å². The minimum absolute atomic E-state index is 0.434. The Kier molecular flexibility index (Phi) is 7.20. The number of hydrogen-bond donors (Lipinski definition) is 1. The molecule has 0 amide bonds. The smallest absolute Gasteiger partial charge is 0.0619 e. The van der Waals surface area contributed by atoms with Gasteiger partial charge in [-0.2, -0.15) is 0 Å². The molecule has 0 radical (unpaired) electrons. The Balaban J connectivity index is 3.85. The summed E-state index contributed by atoms with van der Waals surface area (Å²) in [6.07, 6.45) is 2.48. The topological polar surface area (TPSA) is 21.3 Å². The van der Waals surface area contributed by atoms with Gasteiger partial charge in [0, 0.05) is 12.6 Å². The van der Waals surface area contributed by atoms with Crippen LogP contribution in [0, 0.1) is 11.3 Å². The molecule has 0 aliphatic rings. The molecule has 0 aromatic heterocycles. The molecular weight excluding hydrogens is 186 g/mol. The van der Waals surface area contributed by atoms with E-state index in [1.807, 2.05) is 14.0 Å². The fraction of sp³-hybridized carbons (Fsp3) is 1.00. The Morgan fingerprint density at radius 2 is 1.87 bits per heavy atom. The zero-order valence-corrected chi connectivity index (χ0v) is 11.4. The molecule has 2 heteroatoms. The van der Waals surface area contributed by atoms with E-state index in [4.69, 9.17) is 4.74 Å². The number of likely N-dealkylation sites (N-methyl/N-ethyl adjacent to an activating group) is 1. The highest BCUT2D eigenvalue weighted by Crippen LogP contribution is 2.26. The normalized spacial score (nSPS) is 16.4. The summed E-state index contributed by atoms with van der Waals surface area (Å²) in [4.78, 5) is 0. The first-order chi connectivity index (χ1) is 6.89. The maximum absolute atomic E-state index is 5.46. The molecule has 0 aliphatic carbocycles. The third kappa shape index (κ3) is 8.88. The Hall–Kier alpha value is -0.0800. The number of rotatable bonds is 7. The van der Waals surface area contributed by atoms with Crippen molar-refractivity contribution in [1.82, 2.24) is 5.32 Å². The van der Waals surface area contributed by atoms with Gasteiger partial charge < -0.3 is 10.1 Å². The largest absolute Gasteiger partial charge is 0.380 e. The summed E-state index contributed by atoms with van der Waals surface area (Å²) in [7, 11) is 2.02. The fourth-order valence-corrected chi connectivity index (χ4v) is 2.14. The van der Waals surface area contributed by atoms with Gasteiger partial charge >= 0.3 is 0 Å². The van der Waals surface area contributed by atoms with Gasteiger partial charge in [-0.15, -0.1) is 0 Å². The van der Waals surface area contributed by atoms with Gasteiger partial charge in [-0.05, 0) is 38.1 Å². The van der Waals surface area contributed by atoms with Crippen molar-refractivity contribution in [3.05, 3.63) is 0 Å². The molecule has 2 nitrogen and oxygen atoms in total. The highest BCUT2D eigenvalue weighted by atomic mass is 16.5. The Morgan fingerprint density at radius 1 is 1.27 bits per heavy atom. The van der Waals surface area contributed by atoms with Crippen LogP contribution in [0.25, 0.3) is 0 Å². The van der Waals surface area contributed by atoms with Crippen molar-refractivity contribution in [3.8, 4) is 0 Å². The molecule has 2 atom stereocenters. The van der Waals surface area contributed by atoms with Crippen molar-refractivity contribution in [1.29, 1.82) is 0 Å². The highest BCUT2D eigenvalue weighted by Gasteiger charge is 2.18. The molecule has 0 spiro atoms. The van der Waals surface area contributed by atoms with Crippen LogP contribution in [0.4, 0.5) is 0 Å². The van der Waals surface area contributed by atoms with Crippen molar-refractivity contribution in [2.45, 2.75) is 53.5 Å². The quantitative estimate of drug-likeness (QED) is 0.704. The van der Waals surface area contributed by atoms with Gasteiger partial charge in [0.1, 0.15) is 0 Å². The van der Waals surface area contributed by atoms with E-state index in [1.54, 1.807) is 0 Å². The maximum atomic E-state index is 5.46. The van der Waals surface area contributed by atoms with Crippen molar-refractivity contribution >= 4 is 0 Å². The van der Waals surface area contributed by atoms with Crippen LogP contribution in [-0.2, 0) is 4.74 Å². The van der Waals surface area contributed by atoms with Crippen molar-refractivity contribution in [3.63, 3.8) is 0 Å². The predicted molar refractivity (Wildman–Crippen MR) is 67.2 cm³/mol. The average molecular weight is 215 g/mol. The number of hydrogen-bond acceptors (Lipinski definition) is 2. The molecule has 0 bridgehead atoms. The monoisotopic (exact) mass is 215 g/mol. The molecule has 0 rings (SSSR count). The van der Waals surface area contributed by atoms with Crippen LogP contribution >= 0.6 is 0 Å². The second-order valence-electron chi connectivity index (χ2n) is 5.75. The lowest BCUT2D eigenvalue weighted by molar-refractivity contribution is 0.114. The van der Waals surface area contributed by atoms with Crippen LogP contribution in [-0.4, -0.2) is 26.3 Å². The fourth-order valence-electron chi connectivity index (χ4n) is 2.14. The first-order valence-corrected chi connectivity index (χ1v) is 6.14. The summed E-state index contributed by atoms with van der Waals surface area (Å²) in [5.74, 6) is 0.753. The molecule has 0 aromatic rings. The van der Waals surface area contributed by atoms with Crippen molar-refractivity contribution in [2.75, 3.05) is 20.3 Å². The molecule has 15 heavy (non-hydrogen) atoms. The third-order valence-corrected chi connectivity index (χ3v) is 2.58. The zero-order valence-electron chi connectivity index (χ0n) is 11.4. The van der Waals surface area contributed by atoms with E-state index in [-0.39, 0.29) is 0 Å². The summed E-state index contributed by atoms with van der Waals surface area (Å²) in [5, 5.41) is 3.33. The van der Waals surface area contributed by atoms with E-state index in [9.17, 15) is 0 Å². The molecule has 0 saturated heterocycles. The standard InChI is InChI=1S/C13H29NO/c1-7-15-10-12(14-6)8-11(2)9-13(3,4)5/h11-12,14H,7-10H2,1-6H3. The average Bonchev–Trinajstić information content (AvgIpc) is 2.09. The Labute approximate surface area is 95.8 Å². The van der Waals surface area contributed by atoms with Gasteiger partial charge in [-0.1, -0.05) is 27.7 Å². The summed E-state index contributed by atoms with van der Waals surface area (Å²) in [5.41, 5.74) is 0.434. The molecular formula is C13H29NO. The molecule has 0 fully saturated rings. The number of ether oxygens (including phenoxy) is 1.